The van der Waals surface area contributed by atoms with Crippen LogP contribution in [0.25, 0.3) is 0 Å². The van der Waals surface area contributed by atoms with Crippen molar-refractivity contribution in [2.45, 2.75) is 95.2 Å². The Morgan fingerprint density at radius 1 is 0.723 bits per heavy atom. The third-order valence-corrected chi connectivity index (χ3v) is 14.7. The molecule has 0 aromatic carbocycles. The predicted octanol–water partition coefficient (Wildman–Crippen LogP) is 3.82. The molecule has 2 aliphatic heterocycles. The molecule has 65 heavy (non-hydrogen) atoms. The van der Waals surface area contributed by atoms with Crippen molar-refractivity contribution in [1.82, 2.24) is 41.5 Å². The van der Waals surface area contributed by atoms with Gasteiger partial charge in [-0.05, 0) is 111 Å². The Kier molecular flexibility index (Phi) is 19.9. The molecule has 5 fully saturated rings. The quantitative estimate of drug-likeness (QED) is 0.132. The number of ether oxygens (including phenoxy) is 5. The average molecular weight is 927 g/mol. The third kappa shape index (κ3) is 16.1. The van der Waals surface area contributed by atoms with E-state index in [9.17, 15) is 24.6 Å². The number of aromatic nitrogens is 2. The number of hydrazine groups is 2. The van der Waals surface area contributed by atoms with Crippen LogP contribution in [0.1, 0.15) is 90.2 Å². The summed E-state index contributed by atoms with van der Waals surface area (Å²) in [6.07, 6.45) is 9.05. The molecule has 0 spiro atoms. The van der Waals surface area contributed by atoms with Crippen molar-refractivity contribution in [1.29, 1.82) is 0 Å². The van der Waals surface area contributed by atoms with Crippen LogP contribution >= 0.6 is 11.8 Å². The van der Waals surface area contributed by atoms with Crippen LogP contribution in [0, 0.1) is 23.7 Å². The van der Waals surface area contributed by atoms with Crippen molar-refractivity contribution in [2.24, 2.45) is 23.7 Å². The number of amides is 1. The molecule has 5 unspecified atom stereocenters. The van der Waals surface area contributed by atoms with E-state index < -0.39 is 11.9 Å². The van der Waals surface area contributed by atoms with Crippen LogP contribution in [-0.2, 0) is 36.8 Å². The van der Waals surface area contributed by atoms with Gasteiger partial charge in [0.15, 0.2) is 0 Å². The van der Waals surface area contributed by atoms with E-state index in [4.69, 9.17) is 23.7 Å². The molecule has 3 saturated carbocycles. The first-order chi connectivity index (χ1) is 31.8. The first-order valence-electron chi connectivity index (χ1n) is 23.8. The van der Waals surface area contributed by atoms with Gasteiger partial charge in [-0.2, -0.15) is 17.3 Å². The van der Waals surface area contributed by atoms with Crippen molar-refractivity contribution >= 4 is 29.8 Å². The molecule has 18 nitrogen and oxygen atoms in total. The molecule has 6 N–H and O–H groups in total. The van der Waals surface area contributed by atoms with E-state index in [2.05, 4.69) is 41.5 Å². The first kappa shape index (κ1) is 49.4. The van der Waals surface area contributed by atoms with Crippen LogP contribution in [0.15, 0.2) is 36.4 Å². The number of pyridine rings is 2. The highest BCUT2D eigenvalue weighted by Crippen LogP contribution is 2.53. The van der Waals surface area contributed by atoms with Gasteiger partial charge in [0.2, 0.25) is 0 Å². The number of aromatic carboxylic acids is 2. The number of fused-ring (bicyclic) bond motifs is 3. The number of carboxylic acids is 2. The minimum Gasteiger partial charge on any atom is -0.477 e. The Balaban J connectivity index is 0.842. The Hall–Kier alpha value is -3.50. The van der Waals surface area contributed by atoms with Crippen molar-refractivity contribution in [2.75, 3.05) is 90.5 Å². The van der Waals surface area contributed by atoms with Gasteiger partial charge in [-0.3, -0.25) is 9.80 Å². The van der Waals surface area contributed by atoms with Gasteiger partial charge in [0.25, 0.3) is 0 Å². The lowest BCUT2D eigenvalue weighted by Gasteiger charge is -2.27. The topological polar surface area (TPSA) is 218 Å². The maximum absolute atomic E-state index is 12.5. The van der Waals surface area contributed by atoms with E-state index >= 15 is 0 Å². The van der Waals surface area contributed by atoms with E-state index in [1.807, 2.05) is 23.9 Å². The second-order valence-corrected chi connectivity index (χ2v) is 19.2. The van der Waals surface area contributed by atoms with Gasteiger partial charge in [-0.15, -0.1) is 0 Å². The number of unbranched alkanes of at least 4 members (excludes halogenated alkanes) is 2. The van der Waals surface area contributed by atoms with Gasteiger partial charge < -0.3 is 39.2 Å². The van der Waals surface area contributed by atoms with Crippen LogP contribution in [0.4, 0.5) is 4.79 Å². The van der Waals surface area contributed by atoms with Gasteiger partial charge >= 0.3 is 18.0 Å². The number of rotatable bonds is 16. The normalized spacial score (nSPS) is 28.6. The van der Waals surface area contributed by atoms with Crippen molar-refractivity contribution in [3.63, 3.8) is 0 Å². The van der Waals surface area contributed by atoms with Crippen LogP contribution in [0.2, 0.25) is 0 Å². The van der Waals surface area contributed by atoms with Crippen LogP contribution in [0.3, 0.4) is 0 Å². The highest BCUT2D eigenvalue weighted by atomic mass is 32.2. The minimum atomic E-state index is -1.06. The molecule has 4 heterocycles. The second-order valence-electron chi connectivity index (χ2n) is 18.0. The number of hydrogen-bond acceptors (Lipinski definition) is 16. The summed E-state index contributed by atoms with van der Waals surface area (Å²) in [4.78, 5) is 48.7. The Labute approximate surface area is 386 Å². The summed E-state index contributed by atoms with van der Waals surface area (Å²) in [5.74, 6) is 2.26. The molecule has 7 rings (SSSR count). The monoisotopic (exact) mass is 926 g/mol. The zero-order valence-corrected chi connectivity index (χ0v) is 38.4. The molecule has 7 atom stereocenters. The fourth-order valence-corrected chi connectivity index (χ4v) is 11.0. The smallest absolute Gasteiger partial charge is 0.407 e. The Morgan fingerprint density at radius 2 is 1.28 bits per heavy atom. The molecule has 3 aliphatic carbocycles. The number of carboxylic acid groups (broad SMARTS) is 2. The molecule has 360 valence electrons. The number of nitrogens with zero attached hydrogens (tertiary/aromatic N) is 4. The first-order valence-corrected chi connectivity index (χ1v) is 24.9. The summed E-state index contributed by atoms with van der Waals surface area (Å²) >= 11 is 1.97. The van der Waals surface area contributed by atoms with E-state index in [0.29, 0.717) is 139 Å². The van der Waals surface area contributed by atoms with Crippen LogP contribution in [0.5, 0.6) is 0 Å². The maximum Gasteiger partial charge on any atom is 0.407 e. The highest BCUT2D eigenvalue weighted by molar-refractivity contribution is 7.99. The summed E-state index contributed by atoms with van der Waals surface area (Å²) < 4.78 is 30.8. The molecule has 2 aromatic rings. The lowest BCUT2D eigenvalue weighted by Crippen LogP contribution is -2.36. The summed E-state index contributed by atoms with van der Waals surface area (Å²) in [5, 5.41) is 22.0. The van der Waals surface area contributed by atoms with E-state index in [1.165, 1.54) is 25.0 Å². The number of thioether (sulfide) groups is 1. The van der Waals surface area contributed by atoms with Gasteiger partial charge in [0.05, 0.1) is 69.8 Å². The lowest BCUT2D eigenvalue weighted by atomic mass is 9.94. The zero-order valence-electron chi connectivity index (χ0n) is 37.6. The lowest BCUT2D eigenvalue weighted by molar-refractivity contribution is -0.0669. The number of hydrogen-bond donors (Lipinski definition) is 6. The fraction of sp³-hybridized carbons (Fsp3) is 0.717. The van der Waals surface area contributed by atoms with Crippen molar-refractivity contribution in [3.05, 3.63) is 59.2 Å². The van der Waals surface area contributed by atoms with Gasteiger partial charge in [0, 0.05) is 57.9 Å². The number of carbonyl (C=O) groups is 3. The maximum atomic E-state index is 12.5. The minimum absolute atomic E-state index is 0.0179. The molecule has 0 radical (unpaired) electrons. The predicted molar refractivity (Wildman–Crippen MR) is 243 cm³/mol. The molecule has 1 amide bonds. The molecule has 5 aliphatic rings. The average Bonchev–Trinajstić information content (AvgIpc) is 3.52. The number of nitrogens with one attached hydrogen (secondary N) is 4. The van der Waals surface area contributed by atoms with Crippen molar-refractivity contribution in [3.8, 4) is 0 Å². The number of carbonyl (C=O) groups excluding carboxylic acids is 1. The van der Waals surface area contributed by atoms with E-state index in [1.54, 1.807) is 12.1 Å². The standard InChI is InChI=1S/C46H70N8O10S/c55-44(56)40-8-4-6-33(48-40)28-53-15-19-60-23-24-61-20-16-54(29-34-7-5-9-41(49-34)45(57)58)18-22-63-43-27-32(26-42(43)62-21-17-53)31-65-25-3-1-2-14-47-46(59)64-30-37-35-10-12-38-39(51-52-50-38)13-11-36(35)37/h4-9,32,35-39,42-43,50-52H,1-3,10-31H2,(H,47,59)(H,55,56)(H,57,58)/t32?,35-,36+,37?,38?,39?,42?,43?. The molecular weight excluding hydrogens is 857 g/mol. The molecule has 2 aromatic heterocycles. The van der Waals surface area contributed by atoms with Crippen molar-refractivity contribution < 1.29 is 48.3 Å². The van der Waals surface area contributed by atoms with Gasteiger partial charge in [-0.1, -0.05) is 18.6 Å². The third-order valence-electron chi connectivity index (χ3n) is 13.5. The summed E-state index contributed by atoms with van der Waals surface area (Å²) in [7, 11) is 0. The second kappa shape index (κ2) is 26.2. The summed E-state index contributed by atoms with van der Waals surface area (Å²) in [5.41, 5.74) is 11.1. The summed E-state index contributed by atoms with van der Waals surface area (Å²) in [6.45, 7) is 7.26. The Morgan fingerprint density at radius 3 is 1.83 bits per heavy atom. The van der Waals surface area contributed by atoms with Gasteiger partial charge in [-0.25, -0.2) is 35.2 Å². The molecule has 0 bridgehead atoms. The SMILES string of the molecule is O=C(NCCCCCSCC1CC2OCCN(Cc3cccc(C(=O)O)n3)CCOCCOCCN(Cc3cccc(C(=O)O)n3)CCOC2C1)OCC1[C@H]2CCC3NNNC3CC[C@@H]12. The molecule has 2 saturated heterocycles. The number of alkyl carbamates (subject to hydrolysis) is 1. The van der Waals surface area contributed by atoms with Crippen LogP contribution in [-0.4, -0.2) is 163 Å². The summed E-state index contributed by atoms with van der Waals surface area (Å²) in [6, 6.07) is 11.1. The fourth-order valence-electron chi connectivity index (χ4n) is 9.81. The molecular formula is C46H70N8O10S. The Bertz CT molecular complexity index is 1700. The van der Waals surface area contributed by atoms with E-state index in [0.717, 1.165) is 56.5 Å². The van der Waals surface area contributed by atoms with Gasteiger partial charge in [0.1, 0.15) is 11.4 Å². The zero-order chi connectivity index (χ0) is 45.2. The molecule has 19 heteroatoms. The largest absolute Gasteiger partial charge is 0.477 e. The highest BCUT2D eigenvalue weighted by Gasteiger charge is 2.51. The van der Waals surface area contributed by atoms with E-state index in [-0.39, 0.29) is 29.7 Å². The van der Waals surface area contributed by atoms with Crippen LogP contribution < -0.4 is 21.7 Å².